The van der Waals surface area contributed by atoms with Crippen LogP contribution in [0.3, 0.4) is 0 Å². The predicted octanol–water partition coefficient (Wildman–Crippen LogP) is 2.67. The summed E-state index contributed by atoms with van der Waals surface area (Å²) in [5.41, 5.74) is 0. The van der Waals surface area contributed by atoms with E-state index in [-0.39, 0.29) is 0 Å². The molecule has 0 aromatic rings. The van der Waals surface area contributed by atoms with Crippen molar-refractivity contribution in [2.45, 2.75) is 46.1 Å². The molecule has 1 unspecified atom stereocenters. The molecule has 0 amide bonds. The number of rotatable bonds is 6. The third-order valence-electron chi connectivity index (χ3n) is 1.69. The Morgan fingerprint density at radius 3 is 2.17 bits per heavy atom. The van der Waals surface area contributed by atoms with Crippen LogP contribution in [0.15, 0.2) is 0 Å². The monoisotopic (exact) mass is 179 g/mol. The molecule has 0 bridgehead atoms. The summed E-state index contributed by atoms with van der Waals surface area (Å²) in [5, 5.41) is 2.85. The zero-order valence-corrected chi connectivity index (χ0v) is 8.11. The van der Waals surface area contributed by atoms with Gasteiger partial charge in [-0.05, 0) is 25.3 Å². The van der Waals surface area contributed by atoms with Gasteiger partial charge in [0.25, 0.3) is 6.43 Å². The standard InChI is InChI=1S/C9H19F2N/c1-4-5-12-8(9(10)11)6-7(2)3/h7-9,12H,4-6H2,1-3H3. The number of hydrogen-bond acceptors (Lipinski definition) is 1. The van der Waals surface area contributed by atoms with Gasteiger partial charge in [-0.15, -0.1) is 0 Å². The maximum absolute atomic E-state index is 12.3. The van der Waals surface area contributed by atoms with Gasteiger partial charge in [-0.2, -0.15) is 0 Å². The molecule has 0 aliphatic rings. The largest absolute Gasteiger partial charge is 0.309 e. The molecule has 0 aliphatic heterocycles. The topological polar surface area (TPSA) is 12.0 Å². The van der Waals surface area contributed by atoms with Crippen molar-refractivity contribution >= 4 is 0 Å². The van der Waals surface area contributed by atoms with Gasteiger partial charge >= 0.3 is 0 Å². The fraction of sp³-hybridized carbons (Fsp3) is 1.00. The zero-order valence-electron chi connectivity index (χ0n) is 8.11. The average molecular weight is 179 g/mol. The van der Waals surface area contributed by atoms with Crippen LogP contribution in [0.2, 0.25) is 0 Å². The third-order valence-corrected chi connectivity index (χ3v) is 1.69. The van der Waals surface area contributed by atoms with E-state index in [1.807, 2.05) is 20.8 Å². The summed E-state index contributed by atoms with van der Waals surface area (Å²) < 4.78 is 24.6. The molecule has 1 nitrogen and oxygen atoms in total. The van der Waals surface area contributed by atoms with Crippen LogP contribution in [-0.4, -0.2) is 19.0 Å². The first kappa shape index (κ1) is 11.8. The molecule has 0 radical (unpaired) electrons. The highest BCUT2D eigenvalue weighted by atomic mass is 19.3. The van der Waals surface area contributed by atoms with Crippen LogP contribution < -0.4 is 5.32 Å². The van der Waals surface area contributed by atoms with E-state index in [4.69, 9.17) is 0 Å². The van der Waals surface area contributed by atoms with E-state index in [1.54, 1.807) is 0 Å². The van der Waals surface area contributed by atoms with E-state index in [0.717, 1.165) is 6.42 Å². The van der Waals surface area contributed by atoms with Crippen LogP contribution in [0.1, 0.15) is 33.6 Å². The molecule has 0 fully saturated rings. The van der Waals surface area contributed by atoms with Gasteiger partial charge in [-0.1, -0.05) is 20.8 Å². The molecule has 0 aromatic carbocycles. The van der Waals surface area contributed by atoms with Gasteiger partial charge in [0.2, 0.25) is 0 Å². The van der Waals surface area contributed by atoms with Gasteiger partial charge in [0.1, 0.15) is 0 Å². The van der Waals surface area contributed by atoms with Gasteiger partial charge < -0.3 is 5.32 Å². The zero-order chi connectivity index (χ0) is 9.56. The van der Waals surface area contributed by atoms with E-state index in [1.165, 1.54) is 0 Å². The van der Waals surface area contributed by atoms with E-state index in [9.17, 15) is 8.78 Å². The molecule has 12 heavy (non-hydrogen) atoms. The summed E-state index contributed by atoms with van der Waals surface area (Å²) in [6.07, 6.45) is -0.780. The van der Waals surface area contributed by atoms with Gasteiger partial charge in [0.15, 0.2) is 0 Å². The van der Waals surface area contributed by atoms with Crippen molar-refractivity contribution in [2.75, 3.05) is 6.54 Å². The van der Waals surface area contributed by atoms with Crippen LogP contribution in [0, 0.1) is 5.92 Å². The van der Waals surface area contributed by atoms with Crippen molar-refractivity contribution in [3.8, 4) is 0 Å². The Balaban J connectivity index is 3.70. The van der Waals surface area contributed by atoms with E-state index < -0.39 is 12.5 Å². The van der Waals surface area contributed by atoms with Crippen molar-refractivity contribution in [3.05, 3.63) is 0 Å². The van der Waals surface area contributed by atoms with Gasteiger partial charge in [0, 0.05) is 0 Å². The maximum atomic E-state index is 12.3. The van der Waals surface area contributed by atoms with Gasteiger partial charge in [0.05, 0.1) is 6.04 Å². The first-order valence-electron chi connectivity index (χ1n) is 4.59. The number of halogens is 2. The summed E-state index contributed by atoms with van der Waals surface area (Å²) in [5.74, 6) is 0.327. The molecule has 3 heteroatoms. The fourth-order valence-corrected chi connectivity index (χ4v) is 1.11. The SMILES string of the molecule is CCCNC(CC(C)C)C(F)F. The van der Waals surface area contributed by atoms with Crippen molar-refractivity contribution in [1.82, 2.24) is 5.32 Å². The van der Waals surface area contributed by atoms with Crippen molar-refractivity contribution in [2.24, 2.45) is 5.92 Å². The lowest BCUT2D eigenvalue weighted by atomic mass is 10.0. The van der Waals surface area contributed by atoms with Crippen molar-refractivity contribution < 1.29 is 8.78 Å². The first-order chi connectivity index (χ1) is 5.57. The number of alkyl halides is 2. The second-order valence-electron chi connectivity index (χ2n) is 3.52. The minimum Gasteiger partial charge on any atom is -0.309 e. The summed E-state index contributed by atoms with van der Waals surface area (Å²) in [6.45, 7) is 6.58. The van der Waals surface area contributed by atoms with E-state index in [0.29, 0.717) is 18.9 Å². The Labute approximate surface area is 73.5 Å². The second-order valence-corrected chi connectivity index (χ2v) is 3.52. The molecule has 74 valence electrons. The quantitative estimate of drug-likeness (QED) is 0.661. The summed E-state index contributed by atoms with van der Waals surface area (Å²) >= 11 is 0. The molecule has 0 saturated carbocycles. The number of hydrogen-bond donors (Lipinski definition) is 1. The van der Waals surface area contributed by atoms with Crippen molar-refractivity contribution in [3.63, 3.8) is 0 Å². The smallest absolute Gasteiger partial charge is 0.253 e. The Bertz CT molecular complexity index is 105. The number of nitrogens with one attached hydrogen (secondary N) is 1. The molecule has 0 heterocycles. The molecule has 1 atom stereocenters. The summed E-state index contributed by atoms with van der Waals surface area (Å²) in [7, 11) is 0. The maximum Gasteiger partial charge on any atom is 0.253 e. The van der Waals surface area contributed by atoms with Crippen LogP contribution in [-0.2, 0) is 0 Å². The van der Waals surface area contributed by atoms with Crippen LogP contribution in [0.4, 0.5) is 8.78 Å². The second kappa shape index (κ2) is 6.35. The Kier molecular flexibility index (Phi) is 6.25. The fourth-order valence-electron chi connectivity index (χ4n) is 1.11. The highest BCUT2D eigenvalue weighted by Crippen LogP contribution is 2.11. The van der Waals surface area contributed by atoms with Crippen LogP contribution in [0.25, 0.3) is 0 Å². The van der Waals surface area contributed by atoms with Crippen LogP contribution in [0.5, 0.6) is 0 Å². The van der Waals surface area contributed by atoms with E-state index in [2.05, 4.69) is 5.32 Å². The minimum absolute atomic E-state index is 0.327. The molecule has 0 saturated heterocycles. The summed E-state index contributed by atoms with van der Waals surface area (Å²) in [4.78, 5) is 0. The molecule has 0 spiro atoms. The summed E-state index contributed by atoms with van der Waals surface area (Å²) in [6, 6.07) is -0.620. The van der Waals surface area contributed by atoms with Gasteiger partial charge in [-0.25, -0.2) is 8.78 Å². The average Bonchev–Trinajstić information content (AvgIpc) is 1.96. The lowest BCUT2D eigenvalue weighted by molar-refractivity contribution is 0.0880. The Morgan fingerprint density at radius 1 is 1.25 bits per heavy atom. The molecular formula is C9H19F2N. The predicted molar refractivity (Wildman–Crippen MR) is 47.5 cm³/mol. The van der Waals surface area contributed by atoms with Gasteiger partial charge in [-0.3, -0.25) is 0 Å². The lowest BCUT2D eigenvalue weighted by Crippen LogP contribution is -2.37. The third kappa shape index (κ3) is 5.47. The van der Waals surface area contributed by atoms with Crippen molar-refractivity contribution in [1.29, 1.82) is 0 Å². The molecule has 0 rings (SSSR count). The Morgan fingerprint density at radius 2 is 1.83 bits per heavy atom. The first-order valence-corrected chi connectivity index (χ1v) is 4.59. The van der Waals surface area contributed by atoms with E-state index >= 15 is 0 Å². The highest BCUT2D eigenvalue weighted by Gasteiger charge is 2.19. The highest BCUT2D eigenvalue weighted by molar-refractivity contribution is 4.70. The Hall–Kier alpha value is -0.180. The molecule has 1 N–H and O–H groups in total. The van der Waals surface area contributed by atoms with Crippen LogP contribution >= 0.6 is 0 Å². The normalized spacial score (nSPS) is 14.2. The molecule has 0 aliphatic carbocycles. The molecule has 0 aromatic heterocycles. The molecular weight excluding hydrogens is 160 g/mol. The lowest BCUT2D eigenvalue weighted by Gasteiger charge is -2.19. The minimum atomic E-state index is -2.24.